The van der Waals surface area contributed by atoms with E-state index < -0.39 is 0 Å². The first-order chi connectivity index (χ1) is 6.17. The van der Waals surface area contributed by atoms with Gasteiger partial charge >= 0.3 is 0 Å². The fourth-order valence-electron chi connectivity index (χ4n) is 1.40. The third-order valence-corrected chi connectivity index (χ3v) is 2.12. The summed E-state index contributed by atoms with van der Waals surface area (Å²) < 4.78 is 0. The zero-order valence-electron chi connectivity index (χ0n) is 9.26. The smallest absolute Gasteiger partial charge is 0.226 e. The van der Waals surface area contributed by atoms with E-state index in [1.807, 2.05) is 25.8 Å². The molecule has 0 aromatic heterocycles. The molecule has 0 spiro atoms. The number of hydrogen-bond acceptors (Lipinski definition) is 2. The van der Waals surface area contributed by atoms with E-state index in [0.717, 1.165) is 26.1 Å². The van der Waals surface area contributed by atoms with E-state index in [2.05, 4.69) is 12.2 Å². The number of nitrogens with one attached hydrogen (secondary N) is 1. The van der Waals surface area contributed by atoms with Crippen molar-refractivity contribution in [2.75, 3.05) is 26.7 Å². The van der Waals surface area contributed by atoms with Gasteiger partial charge < -0.3 is 10.2 Å². The first-order valence-electron chi connectivity index (χ1n) is 5.10. The average Bonchev–Trinajstić information content (AvgIpc) is 2.13. The lowest BCUT2D eigenvalue weighted by Gasteiger charge is -2.23. The summed E-state index contributed by atoms with van der Waals surface area (Å²) in [6.07, 6.45) is 1.03. The average molecular weight is 186 g/mol. The number of hydrogen-bond donors (Lipinski definition) is 1. The van der Waals surface area contributed by atoms with Gasteiger partial charge in [-0.1, -0.05) is 13.8 Å². The summed E-state index contributed by atoms with van der Waals surface area (Å²) >= 11 is 0. The zero-order chi connectivity index (χ0) is 10.3. The van der Waals surface area contributed by atoms with Crippen LogP contribution in [0.5, 0.6) is 0 Å². The number of carbonyl (C=O) groups excluding carboxylic acids is 1. The molecule has 0 saturated carbocycles. The van der Waals surface area contributed by atoms with Crippen LogP contribution >= 0.6 is 0 Å². The van der Waals surface area contributed by atoms with E-state index >= 15 is 0 Å². The van der Waals surface area contributed by atoms with Crippen LogP contribution in [0.2, 0.25) is 0 Å². The van der Waals surface area contributed by atoms with Gasteiger partial charge in [0.15, 0.2) is 0 Å². The van der Waals surface area contributed by atoms with E-state index in [1.54, 1.807) is 0 Å². The van der Waals surface area contributed by atoms with Gasteiger partial charge in [0, 0.05) is 25.6 Å². The molecule has 0 aliphatic heterocycles. The van der Waals surface area contributed by atoms with Gasteiger partial charge in [-0.15, -0.1) is 0 Å². The van der Waals surface area contributed by atoms with Gasteiger partial charge in [-0.2, -0.15) is 0 Å². The first-order valence-corrected chi connectivity index (χ1v) is 5.10. The third-order valence-electron chi connectivity index (χ3n) is 2.12. The molecule has 1 atom stereocenters. The second-order valence-electron chi connectivity index (χ2n) is 3.38. The van der Waals surface area contributed by atoms with Crippen molar-refractivity contribution in [3.05, 3.63) is 0 Å². The molecule has 0 bridgehead atoms. The van der Waals surface area contributed by atoms with E-state index in [-0.39, 0.29) is 11.8 Å². The van der Waals surface area contributed by atoms with Gasteiger partial charge in [-0.3, -0.25) is 4.79 Å². The lowest BCUT2D eigenvalue weighted by atomic mass is 10.1. The van der Waals surface area contributed by atoms with Crippen molar-refractivity contribution < 1.29 is 4.79 Å². The quantitative estimate of drug-likeness (QED) is 0.673. The molecule has 0 aromatic carbocycles. The Balaban J connectivity index is 4.02. The lowest BCUT2D eigenvalue weighted by Crippen LogP contribution is -2.38. The minimum Gasteiger partial charge on any atom is -0.343 e. The topological polar surface area (TPSA) is 32.3 Å². The normalized spacial score (nSPS) is 12.6. The van der Waals surface area contributed by atoms with Crippen molar-refractivity contribution in [3.8, 4) is 0 Å². The van der Waals surface area contributed by atoms with Crippen LogP contribution in [0, 0.1) is 5.92 Å². The zero-order valence-corrected chi connectivity index (χ0v) is 9.26. The Morgan fingerprint density at radius 2 is 2.08 bits per heavy atom. The van der Waals surface area contributed by atoms with Crippen LogP contribution in [0.15, 0.2) is 0 Å². The van der Waals surface area contributed by atoms with Gasteiger partial charge in [0.2, 0.25) is 5.91 Å². The van der Waals surface area contributed by atoms with Crippen LogP contribution in [0.4, 0.5) is 0 Å². The Labute approximate surface area is 81.5 Å². The highest BCUT2D eigenvalue weighted by molar-refractivity contribution is 5.78. The predicted octanol–water partition coefficient (Wildman–Crippen LogP) is 1.10. The monoisotopic (exact) mass is 186 g/mol. The highest BCUT2D eigenvalue weighted by Gasteiger charge is 2.17. The number of nitrogens with zero attached hydrogens (tertiary/aromatic N) is 1. The van der Waals surface area contributed by atoms with Crippen molar-refractivity contribution in [1.29, 1.82) is 0 Å². The number of carbonyl (C=O) groups is 1. The predicted molar refractivity (Wildman–Crippen MR) is 55.6 cm³/mol. The highest BCUT2D eigenvalue weighted by Crippen LogP contribution is 2.02. The van der Waals surface area contributed by atoms with E-state index in [4.69, 9.17) is 0 Å². The maximum absolute atomic E-state index is 11.7. The van der Waals surface area contributed by atoms with Crippen molar-refractivity contribution >= 4 is 5.91 Å². The molecule has 3 nitrogen and oxygen atoms in total. The van der Waals surface area contributed by atoms with Crippen LogP contribution in [-0.4, -0.2) is 37.5 Å². The maximum atomic E-state index is 11.7. The lowest BCUT2D eigenvalue weighted by molar-refractivity contribution is -0.134. The maximum Gasteiger partial charge on any atom is 0.226 e. The summed E-state index contributed by atoms with van der Waals surface area (Å²) in [6.45, 7) is 8.55. The molecular formula is C10H22N2O. The summed E-state index contributed by atoms with van der Waals surface area (Å²) in [5.74, 6) is 0.357. The molecule has 3 heteroatoms. The molecule has 13 heavy (non-hydrogen) atoms. The Morgan fingerprint density at radius 3 is 2.46 bits per heavy atom. The molecule has 0 aliphatic rings. The molecule has 0 heterocycles. The van der Waals surface area contributed by atoms with Gasteiger partial charge in [0.1, 0.15) is 0 Å². The molecule has 0 rings (SSSR count). The van der Waals surface area contributed by atoms with Gasteiger partial charge in [-0.25, -0.2) is 0 Å². The van der Waals surface area contributed by atoms with Gasteiger partial charge in [0.25, 0.3) is 0 Å². The van der Waals surface area contributed by atoms with Crippen molar-refractivity contribution in [1.82, 2.24) is 10.2 Å². The Kier molecular flexibility index (Phi) is 6.59. The van der Waals surface area contributed by atoms with Crippen molar-refractivity contribution in [3.63, 3.8) is 0 Å². The van der Waals surface area contributed by atoms with E-state index in [0.29, 0.717) is 0 Å². The van der Waals surface area contributed by atoms with Crippen LogP contribution in [0.3, 0.4) is 0 Å². The van der Waals surface area contributed by atoms with Crippen LogP contribution in [0.25, 0.3) is 0 Å². The van der Waals surface area contributed by atoms with Crippen molar-refractivity contribution in [2.45, 2.75) is 27.2 Å². The summed E-state index contributed by atoms with van der Waals surface area (Å²) in [5, 5.41) is 3.02. The van der Waals surface area contributed by atoms with Crippen molar-refractivity contribution in [2.24, 2.45) is 5.92 Å². The SMILES string of the molecule is CCCN(CC)C(=O)C(C)CNC. The third kappa shape index (κ3) is 4.27. The molecular weight excluding hydrogens is 164 g/mol. The second-order valence-corrected chi connectivity index (χ2v) is 3.38. The summed E-state index contributed by atoms with van der Waals surface area (Å²) in [5.41, 5.74) is 0. The summed E-state index contributed by atoms with van der Waals surface area (Å²) in [4.78, 5) is 13.7. The molecule has 0 radical (unpaired) electrons. The van der Waals surface area contributed by atoms with E-state index in [9.17, 15) is 4.79 Å². The van der Waals surface area contributed by atoms with E-state index in [1.165, 1.54) is 0 Å². The van der Waals surface area contributed by atoms with Gasteiger partial charge in [-0.05, 0) is 20.4 Å². The van der Waals surface area contributed by atoms with Crippen LogP contribution < -0.4 is 5.32 Å². The summed E-state index contributed by atoms with van der Waals surface area (Å²) in [6, 6.07) is 0. The largest absolute Gasteiger partial charge is 0.343 e. The Hall–Kier alpha value is -0.570. The Bertz CT molecular complexity index is 148. The first kappa shape index (κ1) is 12.4. The summed E-state index contributed by atoms with van der Waals surface area (Å²) in [7, 11) is 1.87. The molecule has 78 valence electrons. The standard InChI is InChI=1S/C10H22N2O/c1-5-7-12(6-2)10(13)9(3)8-11-4/h9,11H,5-8H2,1-4H3. The highest BCUT2D eigenvalue weighted by atomic mass is 16.2. The van der Waals surface area contributed by atoms with Gasteiger partial charge in [0.05, 0.1) is 0 Å². The minimum absolute atomic E-state index is 0.0940. The second kappa shape index (κ2) is 6.89. The molecule has 0 fully saturated rings. The fraction of sp³-hybridized carbons (Fsp3) is 0.900. The van der Waals surface area contributed by atoms with Crippen LogP contribution in [0.1, 0.15) is 27.2 Å². The number of rotatable bonds is 6. The van der Waals surface area contributed by atoms with Crippen LogP contribution in [-0.2, 0) is 4.79 Å². The molecule has 0 aliphatic carbocycles. The molecule has 1 amide bonds. The molecule has 1 unspecified atom stereocenters. The minimum atomic E-state index is 0.0940. The molecule has 1 N–H and O–H groups in total. The fourth-order valence-corrected chi connectivity index (χ4v) is 1.40. The molecule has 0 aromatic rings. The number of amides is 1. The Morgan fingerprint density at radius 1 is 1.46 bits per heavy atom. The molecule has 0 saturated heterocycles.